The topological polar surface area (TPSA) is 114 Å². The molecule has 1 rings (SSSR count). The Kier molecular flexibility index (Phi) is 8.91. The van der Waals surface area contributed by atoms with Crippen LogP contribution in [0, 0.1) is 11.3 Å². The Labute approximate surface area is 159 Å². The van der Waals surface area contributed by atoms with E-state index >= 15 is 0 Å². The van der Waals surface area contributed by atoms with Crippen LogP contribution in [0.3, 0.4) is 0 Å². The Morgan fingerprint density at radius 1 is 1.22 bits per heavy atom. The molecule has 10 heteroatoms. The minimum Gasteiger partial charge on any atom is -0.469 e. The summed E-state index contributed by atoms with van der Waals surface area (Å²) in [6.07, 6.45) is -0.739. The zero-order chi connectivity index (χ0) is 20.7. The molecule has 156 valence electrons. The molecule has 0 amide bonds. The Morgan fingerprint density at radius 2 is 1.89 bits per heavy atom. The van der Waals surface area contributed by atoms with Crippen LogP contribution in [-0.2, 0) is 37.4 Å². The van der Waals surface area contributed by atoms with Crippen molar-refractivity contribution in [3.8, 4) is 0 Å². The minimum absolute atomic E-state index is 0.0636. The van der Waals surface area contributed by atoms with Crippen molar-refractivity contribution in [2.24, 2.45) is 11.3 Å². The van der Waals surface area contributed by atoms with Crippen LogP contribution in [-0.4, -0.2) is 50.7 Å². The van der Waals surface area contributed by atoms with Gasteiger partial charge in [-0.25, -0.2) is 4.79 Å². The fourth-order valence-electron chi connectivity index (χ4n) is 2.58. The van der Waals surface area contributed by atoms with E-state index in [1.807, 2.05) is 13.8 Å². The molecule has 9 nitrogen and oxygen atoms in total. The minimum atomic E-state index is -3.60. The van der Waals surface area contributed by atoms with Crippen molar-refractivity contribution >= 4 is 25.5 Å². The number of carbonyl (C=O) groups excluding carboxylic acids is 3. The summed E-state index contributed by atoms with van der Waals surface area (Å²) >= 11 is 0. The van der Waals surface area contributed by atoms with Gasteiger partial charge in [0.25, 0.3) is 0 Å². The Bertz CT molecular complexity index is 585. The largest absolute Gasteiger partial charge is 0.510 e. The molecule has 2 atom stereocenters. The van der Waals surface area contributed by atoms with Gasteiger partial charge in [0.1, 0.15) is 5.78 Å². The van der Waals surface area contributed by atoms with Gasteiger partial charge in [0, 0.05) is 18.8 Å². The summed E-state index contributed by atoms with van der Waals surface area (Å²) in [6.45, 7) is 6.48. The van der Waals surface area contributed by atoms with Crippen LogP contribution in [0.5, 0.6) is 0 Å². The van der Waals surface area contributed by atoms with Crippen molar-refractivity contribution in [3.05, 3.63) is 0 Å². The molecule has 0 aliphatic carbocycles. The lowest BCUT2D eigenvalue weighted by Gasteiger charge is -2.40. The summed E-state index contributed by atoms with van der Waals surface area (Å²) in [5, 5.41) is 0. The predicted molar refractivity (Wildman–Crippen MR) is 95.2 cm³/mol. The third-order valence-electron chi connectivity index (χ3n) is 4.16. The first-order valence-electron chi connectivity index (χ1n) is 8.80. The first-order chi connectivity index (χ1) is 12.5. The fourth-order valence-corrected chi connectivity index (χ4v) is 4.75. The maximum absolute atomic E-state index is 12.8. The van der Waals surface area contributed by atoms with Gasteiger partial charge >= 0.3 is 19.7 Å². The SMILES string of the molecule is COC(=O)CCCC(=O)[C@@H]1CP(=O)(OCOC(=O)OC(C)C)OCC1(C)C. The molecular formula is C17H29O9P. The quantitative estimate of drug-likeness (QED) is 0.322. The average molecular weight is 408 g/mol. The van der Waals surface area contributed by atoms with E-state index in [0.717, 1.165) is 0 Å². The van der Waals surface area contributed by atoms with Crippen LogP contribution in [0.15, 0.2) is 0 Å². The molecule has 0 saturated carbocycles. The normalized spacial score (nSPS) is 24.3. The summed E-state index contributed by atoms with van der Waals surface area (Å²) in [5.74, 6) is -1.05. The monoisotopic (exact) mass is 408 g/mol. The van der Waals surface area contributed by atoms with E-state index in [1.165, 1.54) is 7.11 Å². The van der Waals surface area contributed by atoms with Gasteiger partial charge in [-0.3, -0.25) is 18.7 Å². The smallest absolute Gasteiger partial charge is 0.469 e. The number of ether oxygens (including phenoxy) is 3. The van der Waals surface area contributed by atoms with E-state index < -0.39 is 31.9 Å². The van der Waals surface area contributed by atoms with Crippen LogP contribution < -0.4 is 0 Å². The highest BCUT2D eigenvalue weighted by atomic mass is 31.2. The van der Waals surface area contributed by atoms with Gasteiger partial charge in [-0.15, -0.1) is 0 Å². The molecule has 1 unspecified atom stereocenters. The predicted octanol–water partition coefficient (Wildman–Crippen LogP) is 3.30. The van der Waals surface area contributed by atoms with E-state index in [1.54, 1.807) is 13.8 Å². The van der Waals surface area contributed by atoms with Crippen LogP contribution in [0.1, 0.15) is 47.0 Å². The van der Waals surface area contributed by atoms with E-state index in [2.05, 4.69) is 4.74 Å². The second kappa shape index (κ2) is 10.2. The summed E-state index contributed by atoms with van der Waals surface area (Å²) in [4.78, 5) is 35.1. The molecule has 0 aromatic rings. The number of carbonyl (C=O) groups is 3. The lowest BCUT2D eigenvalue weighted by atomic mass is 9.77. The van der Waals surface area contributed by atoms with Crippen LogP contribution in [0.4, 0.5) is 4.79 Å². The van der Waals surface area contributed by atoms with Crippen LogP contribution >= 0.6 is 7.60 Å². The molecule has 27 heavy (non-hydrogen) atoms. The maximum atomic E-state index is 12.8. The van der Waals surface area contributed by atoms with Crippen molar-refractivity contribution in [1.29, 1.82) is 0 Å². The molecule has 0 bridgehead atoms. The van der Waals surface area contributed by atoms with E-state index in [0.29, 0.717) is 6.42 Å². The lowest BCUT2D eigenvalue weighted by Crippen LogP contribution is -2.41. The second-order valence-electron chi connectivity index (χ2n) is 7.31. The van der Waals surface area contributed by atoms with E-state index in [9.17, 15) is 18.9 Å². The van der Waals surface area contributed by atoms with Crippen molar-refractivity contribution in [2.75, 3.05) is 26.7 Å². The van der Waals surface area contributed by atoms with Gasteiger partial charge in [-0.05, 0) is 25.7 Å². The molecule has 1 saturated heterocycles. The molecule has 0 radical (unpaired) electrons. The average Bonchev–Trinajstić information content (AvgIpc) is 2.56. The van der Waals surface area contributed by atoms with Crippen molar-refractivity contribution < 1.29 is 42.2 Å². The number of methoxy groups -OCH3 is 1. The third-order valence-corrected chi connectivity index (χ3v) is 5.99. The van der Waals surface area contributed by atoms with Crippen molar-refractivity contribution in [2.45, 2.75) is 53.1 Å². The standard InChI is InChI=1S/C17H29O9P/c1-12(2)26-16(20)23-11-25-27(21)9-13(17(3,4)10-24-27)14(18)7-6-8-15(19)22-5/h12-13H,6-11H2,1-5H3/t13-,27?/m0/s1. The number of Topliss-reactive ketones (excluding diaryl/α,β-unsaturated/α-hetero) is 1. The van der Waals surface area contributed by atoms with Crippen LogP contribution in [0.25, 0.3) is 0 Å². The van der Waals surface area contributed by atoms with Gasteiger partial charge in [0.05, 0.1) is 26.0 Å². The number of rotatable bonds is 9. The summed E-state index contributed by atoms with van der Waals surface area (Å²) in [7, 11) is -2.31. The molecule has 1 aliphatic heterocycles. The first-order valence-corrected chi connectivity index (χ1v) is 10.5. The molecule has 0 spiro atoms. The van der Waals surface area contributed by atoms with Gasteiger partial charge < -0.3 is 18.7 Å². The Morgan fingerprint density at radius 3 is 2.48 bits per heavy atom. The third kappa shape index (κ3) is 7.99. The molecule has 0 aromatic carbocycles. The zero-order valence-corrected chi connectivity index (χ0v) is 17.4. The van der Waals surface area contributed by atoms with E-state index in [-0.39, 0.29) is 43.5 Å². The van der Waals surface area contributed by atoms with Gasteiger partial charge in [0.15, 0.2) is 0 Å². The van der Waals surface area contributed by atoms with Crippen molar-refractivity contribution in [1.82, 2.24) is 0 Å². The number of esters is 1. The summed E-state index contributed by atoms with van der Waals surface area (Å²) in [5.41, 5.74) is -0.531. The Hall–Kier alpha value is -1.44. The summed E-state index contributed by atoms with van der Waals surface area (Å²) in [6, 6.07) is 0. The number of hydrogen-bond acceptors (Lipinski definition) is 9. The van der Waals surface area contributed by atoms with Gasteiger partial charge in [-0.2, -0.15) is 0 Å². The molecule has 1 fully saturated rings. The molecule has 0 aromatic heterocycles. The number of ketones is 1. The highest BCUT2D eigenvalue weighted by molar-refractivity contribution is 7.54. The highest BCUT2D eigenvalue weighted by Crippen LogP contribution is 2.57. The van der Waals surface area contributed by atoms with Gasteiger partial charge in [-0.1, -0.05) is 13.8 Å². The summed E-state index contributed by atoms with van der Waals surface area (Å²) < 4.78 is 37.3. The molecule has 1 heterocycles. The van der Waals surface area contributed by atoms with Crippen molar-refractivity contribution in [3.63, 3.8) is 0 Å². The molecule has 1 aliphatic rings. The fraction of sp³-hybridized carbons (Fsp3) is 0.824. The molecule has 0 N–H and O–H groups in total. The van der Waals surface area contributed by atoms with E-state index in [4.69, 9.17) is 18.5 Å². The number of hydrogen-bond donors (Lipinski definition) is 0. The first kappa shape index (κ1) is 23.6. The highest BCUT2D eigenvalue weighted by Gasteiger charge is 2.47. The second-order valence-corrected chi connectivity index (χ2v) is 9.42. The van der Waals surface area contributed by atoms with Crippen LogP contribution in [0.2, 0.25) is 0 Å². The zero-order valence-electron chi connectivity index (χ0n) is 16.5. The lowest BCUT2D eigenvalue weighted by molar-refractivity contribution is -0.140. The maximum Gasteiger partial charge on any atom is 0.510 e. The Balaban J connectivity index is 2.59. The molecular weight excluding hydrogens is 379 g/mol. The van der Waals surface area contributed by atoms with Gasteiger partial charge in [0.2, 0.25) is 6.79 Å².